The van der Waals surface area contributed by atoms with Crippen LogP contribution in [0.5, 0.6) is 5.75 Å². The van der Waals surface area contributed by atoms with E-state index in [1.165, 1.54) is 7.11 Å². The van der Waals surface area contributed by atoms with E-state index in [4.69, 9.17) is 9.47 Å². The quantitative estimate of drug-likeness (QED) is 0.524. The molecular weight excluding hydrogens is 320 g/mol. The van der Waals surface area contributed by atoms with Gasteiger partial charge in [-0.05, 0) is 36.8 Å². The number of benzene rings is 1. The van der Waals surface area contributed by atoms with E-state index in [-0.39, 0.29) is 12.4 Å². The lowest BCUT2D eigenvalue weighted by atomic mass is 10.2. The fraction of sp³-hybridized carbons (Fsp3) is 0.222. The van der Waals surface area contributed by atoms with Crippen molar-refractivity contribution < 1.29 is 14.3 Å². The first kappa shape index (κ1) is 16.6. The molecule has 128 valence electrons. The van der Waals surface area contributed by atoms with Gasteiger partial charge in [-0.25, -0.2) is 4.98 Å². The van der Waals surface area contributed by atoms with Gasteiger partial charge in [0, 0.05) is 6.20 Å². The molecule has 0 amide bonds. The Hall–Kier alpha value is -3.22. The number of fused-ring (bicyclic) bond motifs is 1. The number of hydrogen-bond acceptors (Lipinski definition) is 6. The molecule has 3 rings (SSSR count). The van der Waals surface area contributed by atoms with E-state index in [0.717, 1.165) is 5.56 Å². The number of pyridine rings is 1. The number of carbonyl (C=O) groups is 1. The van der Waals surface area contributed by atoms with Crippen LogP contribution in [-0.2, 0) is 16.0 Å². The highest BCUT2D eigenvalue weighted by Gasteiger charge is 2.15. The van der Waals surface area contributed by atoms with Gasteiger partial charge in [-0.15, -0.1) is 10.2 Å². The molecule has 0 bridgehead atoms. The van der Waals surface area contributed by atoms with Gasteiger partial charge in [0.05, 0.1) is 26.3 Å². The van der Waals surface area contributed by atoms with Gasteiger partial charge in [0.15, 0.2) is 5.82 Å². The average Bonchev–Trinajstić information content (AvgIpc) is 2.97. The van der Waals surface area contributed by atoms with E-state index in [1.54, 1.807) is 11.5 Å². The van der Waals surface area contributed by atoms with Crippen LogP contribution in [0, 0.1) is 6.92 Å². The summed E-state index contributed by atoms with van der Waals surface area (Å²) in [5.41, 5.74) is 2.85. The standard InChI is InChI=1S/C18H18N4O3/c1-12-7-8-15(24-2)13(10-12)20-21-18-14(11-17(23)25-3)19-16-6-4-5-9-22(16)18/h4-10H,11H2,1-3H3. The van der Waals surface area contributed by atoms with Gasteiger partial charge >= 0.3 is 5.97 Å². The molecule has 0 aliphatic heterocycles. The lowest BCUT2D eigenvalue weighted by Gasteiger charge is -2.04. The highest BCUT2D eigenvalue weighted by molar-refractivity contribution is 5.74. The summed E-state index contributed by atoms with van der Waals surface area (Å²) in [4.78, 5) is 16.1. The normalized spacial score (nSPS) is 11.2. The van der Waals surface area contributed by atoms with Crippen LogP contribution in [0.1, 0.15) is 11.3 Å². The summed E-state index contributed by atoms with van der Waals surface area (Å²) in [5.74, 6) is 0.732. The summed E-state index contributed by atoms with van der Waals surface area (Å²) in [6, 6.07) is 11.2. The van der Waals surface area contributed by atoms with Gasteiger partial charge in [0.1, 0.15) is 17.1 Å². The van der Waals surface area contributed by atoms with Crippen molar-refractivity contribution in [3.8, 4) is 5.75 Å². The van der Waals surface area contributed by atoms with Gasteiger partial charge in [-0.3, -0.25) is 9.20 Å². The molecule has 0 saturated carbocycles. The molecule has 2 heterocycles. The van der Waals surface area contributed by atoms with Crippen LogP contribution in [0.15, 0.2) is 52.8 Å². The van der Waals surface area contributed by atoms with Crippen molar-refractivity contribution in [1.82, 2.24) is 9.38 Å². The molecule has 0 aliphatic carbocycles. The Morgan fingerprint density at radius 2 is 2.04 bits per heavy atom. The lowest BCUT2D eigenvalue weighted by Crippen LogP contribution is -2.04. The summed E-state index contributed by atoms with van der Waals surface area (Å²) >= 11 is 0. The van der Waals surface area contributed by atoms with Gasteiger partial charge in [0.2, 0.25) is 0 Å². The Balaban J connectivity index is 2.07. The van der Waals surface area contributed by atoms with E-state index >= 15 is 0 Å². The number of hydrogen-bond donors (Lipinski definition) is 0. The molecule has 2 aromatic heterocycles. The van der Waals surface area contributed by atoms with Crippen LogP contribution in [0.3, 0.4) is 0 Å². The molecule has 0 unspecified atom stereocenters. The molecule has 1 aromatic carbocycles. The number of carbonyl (C=O) groups excluding carboxylic acids is 1. The third-order valence-electron chi connectivity index (χ3n) is 3.70. The van der Waals surface area contributed by atoms with Crippen LogP contribution in [-0.4, -0.2) is 29.6 Å². The van der Waals surface area contributed by atoms with Gasteiger partial charge < -0.3 is 9.47 Å². The SMILES string of the molecule is COC(=O)Cc1nc2ccccn2c1N=Nc1cc(C)ccc1OC. The first-order valence-electron chi connectivity index (χ1n) is 7.71. The third kappa shape index (κ3) is 3.50. The largest absolute Gasteiger partial charge is 0.494 e. The maximum Gasteiger partial charge on any atom is 0.311 e. The Morgan fingerprint density at radius 3 is 2.80 bits per heavy atom. The number of rotatable bonds is 5. The average molecular weight is 338 g/mol. The smallest absolute Gasteiger partial charge is 0.311 e. The predicted octanol–water partition coefficient (Wildman–Crippen LogP) is 3.78. The number of aryl methyl sites for hydroxylation is 1. The Morgan fingerprint density at radius 1 is 1.20 bits per heavy atom. The Kier molecular flexibility index (Phi) is 4.74. The van der Waals surface area contributed by atoms with Gasteiger partial charge in [-0.1, -0.05) is 12.1 Å². The molecule has 3 aromatic rings. The van der Waals surface area contributed by atoms with Crippen LogP contribution in [0.2, 0.25) is 0 Å². The zero-order valence-electron chi connectivity index (χ0n) is 14.3. The second-order valence-corrected chi connectivity index (χ2v) is 5.44. The number of nitrogens with zero attached hydrogens (tertiary/aromatic N) is 4. The molecule has 7 nitrogen and oxygen atoms in total. The first-order chi connectivity index (χ1) is 12.1. The van der Waals surface area contributed by atoms with Gasteiger partial charge in [0.25, 0.3) is 0 Å². The van der Waals surface area contributed by atoms with Crippen molar-refractivity contribution in [2.24, 2.45) is 10.2 Å². The van der Waals surface area contributed by atoms with E-state index in [0.29, 0.717) is 28.6 Å². The second kappa shape index (κ2) is 7.12. The minimum Gasteiger partial charge on any atom is -0.494 e. The minimum atomic E-state index is -0.381. The third-order valence-corrected chi connectivity index (χ3v) is 3.70. The van der Waals surface area contributed by atoms with Crippen molar-refractivity contribution in [1.29, 1.82) is 0 Å². The monoisotopic (exact) mass is 338 g/mol. The van der Waals surface area contributed by atoms with Crippen LogP contribution in [0.25, 0.3) is 5.65 Å². The topological polar surface area (TPSA) is 77.5 Å². The number of ether oxygens (including phenoxy) is 2. The van der Waals surface area contributed by atoms with Crippen molar-refractivity contribution in [3.05, 3.63) is 53.9 Å². The maximum absolute atomic E-state index is 11.7. The molecule has 0 atom stereocenters. The molecule has 0 saturated heterocycles. The summed E-state index contributed by atoms with van der Waals surface area (Å²) in [7, 11) is 2.93. The molecule has 0 radical (unpaired) electrons. The van der Waals surface area contributed by atoms with Gasteiger partial charge in [-0.2, -0.15) is 0 Å². The van der Waals surface area contributed by atoms with E-state index < -0.39 is 0 Å². The van der Waals surface area contributed by atoms with Crippen LogP contribution < -0.4 is 4.74 Å². The number of esters is 1. The van der Waals surface area contributed by atoms with Crippen molar-refractivity contribution in [2.75, 3.05) is 14.2 Å². The summed E-state index contributed by atoms with van der Waals surface area (Å²) in [6.45, 7) is 1.97. The summed E-state index contributed by atoms with van der Waals surface area (Å²) in [6.07, 6.45) is 1.85. The molecule has 0 aliphatic rings. The highest BCUT2D eigenvalue weighted by atomic mass is 16.5. The van der Waals surface area contributed by atoms with Crippen LogP contribution >= 0.6 is 0 Å². The number of azo groups is 1. The van der Waals surface area contributed by atoms with E-state index in [9.17, 15) is 4.79 Å². The molecule has 0 N–H and O–H groups in total. The number of methoxy groups -OCH3 is 2. The lowest BCUT2D eigenvalue weighted by molar-refractivity contribution is -0.139. The number of aromatic nitrogens is 2. The van der Waals surface area contributed by atoms with Crippen molar-refractivity contribution in [3.63, 3.8) is 0 Å². The molecular formula is C18H18N4O3. The van der Waals surface area contributed by atoms with Crippen molar-refractivity contribution >= 4 is 23.1 Å². The molecule has 0 fully saturated rings. The summed E-state index contributed by atoms with van der Waals surface area (Å²) in [5, 5.41) is 8.65. The fourth-order valence-corrected chi connectivity index (χ4v) is 2.44. The zero-order chi connectivity index (χ0) is 17.8. The van der Waals surface area contributed by atoms with Crippen LogP contribution in [0.4, 0.5) is 11.5 Å². The highest BCUT2D eigenvalue weighted by Crippen LogP contribution is 2.31. The summed E-state index contributed by atoms with van der Waals surface area (Å²) < 4.78 is 11.8. The zero-order valence-corrected chi connectivity index (χ0v) is 14.3. The van der Waals surface area contributed by atoms with E-state index in [2.05, 4.69) is 15.2 Å². The fourth-order valence-electron chi connectivity index (χ4n) is 2.44. The second-order valence-electron chi connectivity index (χ2n) is 5.44. The van der Waals surface area contributed by atoms with Crippen molar-refractivity contribution in [2.45, 2.75) is 13.3 Å². The molecule has 0 spiro atoms. The minimum absolute atomic E-state index is 0.0253. The Bertz CT molecular complexity index is 947. The number of imidazole rings is 1. The Labute approximate surface area is 144 Å². The molecule has 7 heteroatoms. The van der Waals surface area contributed by atoms with E-state index in [1.807, 2.05) is 49.5 Å². The first-order valence-corrected chi connectivity index (χ1v) is 7.71. The predicted molar refractivity (Wildman–Crippen MR) is 92.8 cm³/mol. The maximum atomic E-state index is 11.7. The molecule has 25 heavy (non-hydrogen) atoms.